The minimum absolute atomic E-state index is 0.143. The van der Waals surface area contributed by atoms with Gasteiger partial charge >= 0.3 is 5.97 Å². The molecule has 0 saturated heterocycles. The number of aromatic nitrogens is 1. The van der Waals surface area contributed by atoms with Gasteiger partial charge in [0.1, 0.15) is 23.1 Å². The Hall–Kier alpha value is -3.44. The molecule has 4 rings (SSSR count). The van der Waals surface area contributed by atoms with Gasteiger partial charge in [-0.2, -0.15) is 0 Å². The summed E-state index contributed by atoms with van der Waals surface area (Å²) in [5.41, 5.74) is 2.26. The number of para-hydroxylation sites is 1. The monoisotopic (exact) mass is 387 g/mol. The van der Waals surface area contributed by atoms with Crippen molar-refractivity contribution in [3.63, 3.8) is 0 Å². The van der Waals surface area contributed by atoms with Gasteiger partial charge in [0.2, 0.25) is 0 Å². The Kier molecular flexibility index (Phi) is 5.45. The first-order valence-electron chi connectivity index (χ1n) is 8.78. The molecule has 0 aliphatic heterocycles. The lowest BCUT2D eigenvalue weighted by atomic mass is 10.2. The van der Waals surface area contributed by atoms with Crippen molar-refractivity contribution in [3.05, 3.63) is 102 Å². The minimum atomic E-state index is -0.388. The molecule has 3 aromatic carbocycles. The molecule has 0 unspecified atom stereocenters. The third-order valence-electron chi connectivity index (χ3n) is 3.99. The van der Waals surface area contributed by atoms with Crippen LogP contribution in [0.25, 0.3) is 10.6 Å². The largest absolute Gasteiger partial charge is 0.457 e. The van der Waals surface area contributed by atoms with Crippen LogP contribution in [-0.4, -0.2) is 11.0 Å². The van der Waals surface area contributed by atoms with Crippen molar-refractivity contribution in [3.8, 4) is 22.1 Å². The van der Waals surface area contributed by atoms with Crippen molar-refractivity contribution < 1.29 is 14.3 Å². The van der Waals surface area contributed by atoms with E-state index >= 15 is 0 Å². The number of benzene rings is 3. The smallest absolute Gasteiger partial charge is 0.338 e. The van der Waals surface area contributed by atoms with E-state index in [9.17, 15) is 4.79 Å². The summed E-state index contributed by atoms with van der Waals surface area (Å²) < 4.78 is 11.1. The van der Waals surface area contributed by atoms with E-state index in [4.69, 9.17) is 9.47 Å². The highest BCUT2D eigenvalue weighted by Crippen LogP contribution is 2.24. The van der Waals surface area contributed by atoms with E-state index in [1.54, 1.807) is 24.3 Å². The second kappa shape index (κ2) is 8.50. The summed E-state index contributed by atoms with van der Waals surface area (Å²) in [4.78, 5) is 16.8. The van der Waals surface area contributed by atoms with Gasteiger partial charge in [-0.15, -0.1) is 11.3 Å². The number of thiazole rings is 1. The van der Waals surface area contributed by atoms with Gasteiger partial charge in [0.15, 0.2) is 0 Å². The second-order valence-electron chi connectivity index (χ2n) is 6.03. The summed E-state index contributed by atoms with van der Waals surface area (Å²) >= 11 is 1.53. The average molecular weight is 387 g/mol. The third-order valence-corrected chi connectivity index (χ3v) is 4.93. The second-order valence-corrected chi connectivity index (χ2v) is 6.88. The minimum Gasteiger partial charge on any atom is -0.457 e. The average Bonchev–Trinajstić information content (AvgIpc) is 3.23. The fourth-order valence-electron chi connectivity index (χ4n) is 2.59. The van der Waals surface area contributed by atoms with Gasteiger partial charge in [-0.25, -0.2) is 9.78 Å². The summed E-state index contributed by atoms with van der Waals surface area (Å²) in [6.07, 6.45) is 0. The summed E-state index contributed by atoms with van der Waals surface area (Å²) in [5, 5.41) is 2.82. The number of carbonyl (C=O) groups is 1. The number of rotatable bonds is 6. The van der Waals surface area contributed by atoms with Crippen LogP contribution in [0, 0.1) is 0 Å². The first kappa shape index (κ1) is 17.9. The lowest BCUT2D eigenvalue weighted by Gasteiger charge is -2.07. The van der Waals surface area contributed by atoms with Crippen molar-refractivity contribution in [2.24, 2.45) is 0 Å². The van der Waals surface area contributed by atoms with Crippen LogP contribution in [0.15, 0.2) is 90.3 Å². The highest BCUT2D eigenvalue weighted by molar-refractivity contribution is 7.13. The van der Waals surface area contributed by atoms with E-state index in [2.05, 4.69) is 4.98 Å². The quantitative estimate of drug-likeness (QED) is 0.383. The van der Waals surface area contributed by atoms with Crippen molar-refractivity contribution in [1.82, 2.24) is 4.98 Å². The first-order chi connectivity index (χ1) is 13.8. The maximum atomic E-state index is 12.3. The molecule has 4 aromatic rings. The molecule has 138 valence electrons. The molecular weight excluding hydrogens is 370 g/mol. The number of carbonyl (C=O) groups excluding carboxylic acids is 1. The Balaban J connectivity index is 1.34. The molecule has 4 nitrogen and oxygen atoms in total. The zero-order valence-electron chi connectivity index (χ0n) is 14.9. The van der Waals surface area contributed by atoms with E-state index in [-0.39, 0.29) is 12.6 Å². The van der Waals surface area contributed by atoms with Gasteiger partial charge in [-0.1, -0.05) is 48.5 Å². The molecular formula is C23H17NO3S. The van der Waals surface area contributed by atoms with Crippen molar-refractivity contribution >= 4 is 17.3 Å². The molecule has 0 saturated carbocycles. The SMILES string of the molecule is O=C(OCc1csc(-c2ccccc2)n1)c1ccc(Oc2ccccc2)cc1. The highest BCUT2D eigenvalue weighted by atomic mass is 32.1. The molecule has 0 aliphatic rings. The van der Waals surface area contributed by atoms with Crippen molar-refractivity contribution in [1.29, 1.82) is 0 Å². The predicted octanol–water partition coefficient (Wildman–Crippen LogP) is 5.96. The molecule has 0 spiro atoms. The Morgan fingerprint density at radius 3 is 2.18 bits per heavy atom. The van der Waals surface area contributed by atoms with Crippen LogP contribution < -0.4 is 4.74 Å². The zero-order chi connectivity index (χ0) is 19.2. The van der Waals surface area contributed by atoms with Gasteiger partial charge in [0.05, 0.1) is 11.3 Å². The number of hydrogen-bond acceptors (Lipinski definition) is 5. The molecule has 0 aliphatic carbocycles. The fraction of sp³-hybridized carbons (Fsp3) is 0.0435. The summed E-state index contributed by atoms with van der Waals surface area (Å²) in [6, 6.07) is 26.3. The van der Waals surface area contributed by atoms with E-state index in [0.717, 1.165) is 22.0 Å². The van der Waals surface area contributed by atoms with Crippen LogP contribution in [0.4, 0.5) is 0 Å². The van der Waals surface area contributed by atoms with E-state index in [1.165, 1.54) is 11.3 Å². The lowest BCUT2D eigenvalue weighted by Crippen LogP contribution is -2.05. The third kappa shape index (κ3) is 4.45. The molecule has 0 amide bonds. The van der Waals surface area contributed by atoms with Crippen LogP contribution >= 0.6 is 11.3 Å². The topological polar surface area (TPSA) is 48.4 Å². The Morgan fingerprint density at radius 1 is 0.821 bits per heavy atom. The van der Waals surface area contributed by atoms with E-state index in [0.29, 0.717) is 11.3 Å². The predicted molar refractivity (Wildman–Crippen MR) is 110 cm³/mol. The van der Waals surface area contributed by atoms with Crippen LogP contribution in [0.3, 0.4) is 0 Å². The maximum Gasteiger partial charge on any atom is 0.338 e. The lowest BCUT2D eigenvalue weighted by molar-refractivity contribution is 0.0468. The van der Waals surface area contributed by atoms with Gasteiger partial charge in [-0.05, 0) is 36.4 Å². The molecule has 0 bridgehead atoms. The van der Waals surface area contributed by atoms with E-state index < -0.39 is 0 Å². The Labute approximate surface area is 167 Å². The molecule has 1 aromatic heterocycles. The molecule has 0 radical (unpaired) electrons. The van der Waals surface area contributed by atoms with Crippen molar-refractivity contribution in [2.45, 2.75) is 6.61 Å². The first-order valence-corrected chi connectivity index (χ1v) is 9.66. The zero-order valence-corrected chi connectivity index (χ0v) is 15.8. The molecule has 5 heteroatoms. The number of nitrogens with zero attached hydrogens (tertiary/aromatic N) is 1. The van der Waals surface area contributed by atoms with E-state index in [1.807, 2.05) is 66.0 Å². The molecule has 1 heterocycles. The highest BCUT2D eigenvalue weighted by Gasteiger charge is 2.10. The summed E-state index contributed by atoms with van der Waals surface area (Å²) in [5.74, 6) is 1.02. The Bertz CT molecular complexity index is 1040. The number of ether oxygens (including phenoxy) is 2. The molecule has 0 fully saturated rings. The summed E-state index contributed by atoms with van der Waals surface area (Å²) in [6.45, 7) is 0.143. The van der Waals surface area contributed by atoms with Gasteiger partial charge in [-0.3, -0.25) is 0 Å². The van der Waals surface area contributed by atoms with Crippen LogP contribution in [0.5, 0.6) is 11.5 Å². The van der Waals surface area contributed by atoms with Crippen LogP contribution in [-0.2, 0) is 11.3 Å². The van der Waals surface area contributed by atoms with Gasteiger partial charge < -0.3 is 9.47 Å². The number of esters is 1. The normalized spacial score (nSPS) is 10.4. The van der Waals surface area contributed by atoms with Crippen LogP contribution in [0.2, 0.25) is 0 Å². The fourth-order valence-corrected chi connectivity index (χ4v) is 3.40. The van der Waals surface area contributed by atoms with Crippen LogP contribution in [0.1, 0.15) is 16.1 Å². The number of hydrogen-bond donors (Lipinski definition) is 0. The van der Waals surface area contributed by atoms with Crippen molar-refractivity contribution in [2.75, 3.05) is 0 Å². The van der Waals surface area contributed by atoms with Gasteiger partial charge in [0.25, 0.3) is 0 Å². The molecule has 0 N–H and O–H groups in total. The molecule has 28 heavy (non-hydrogen) atoms. The Morgan fingerprint density at radius 2 is 1.46 bits per heavy atom. The molecule has 0 atom stereocenters. The summed E-state index contributed by atoms with van der Waals surface area (Å²) in [7, 11) is 0. The maximum absolute atomic E-state index is 12.3. The standard InChI is InChI=1S/C23H17NO3S/c25-23(18-11-13-21(14-12-18)27-20-9-5-2-6-10-20)26-15-19-16-28-22(24-19)17-7-3-1-4-8-17/h1-14,16H,15H2. The van der Waals surface area contributed by atoms with Gasteiger partial charge in [0, 0.05) is 10.9 Å².